The van der Waals surface area contributed by atoms with Gasteiger partial charge in [0.15, 0.2) is 0 Å². The molecule has 1 saturated carbocycles. The Morgan fingerprint density at radius 1 is 0.714 bits per heavy atom. The summed E-state index contributed by atoms with van der Waals surface area (Å²) in [6.07, 6.45) is 1.39. The van der Waals surface area contributed by atoms with E-state index in [1.54, 1.807) is 0 Å². The van der Waals surface area contributed by atoms with Crippen LogP contribution >= 0.6 is 0 Å². The molecule has 14 heavy (non-hydrogen) atoms. The van der Waals surface area contributed by atoms with Gasteiger partial charge in [0, 0.05) is 0 Å². The Bertz CT molecular complexity index is 173. The molecular weight excluding hydrogens is 168 g/mol. The molecule has 0 heterocycles. The van der Waals surface area contributed by atoms with E-state index in [9.17, 15) is 0 Å². The minimum atomic E-state index is 0.497. The Balaban J connectivity index is 2.70. The molecule has 1 fully saturated rings. The predicted octanol–water partition coefficient (Wildman–Crippen LogP) is 4.60. The van der Waals surface area contributed by atoms with Gasteiger partial charge in [0.25, 0.3) is 0 Å². The normalized spacial score (nSPS) is 44.4. The molecular formula is C14H28. The molecule has 1 aliphatic carbocycles. The van der Waals surface area contributed by atoms with E-state index < -0.39 is 0 Å². The standard InChI is InChI=1S/C14H28/c1-9-10(2)12(4)13(11(9)3)8-14(5,6)7/h9-13H,8H2,1-7H3. The van der Waals surface area contributed by atoms with Gasteiger partial charge in [-0.05, 0) is 41.4 Å². The highest BCUT2D eigenvalue weighted by Crippen LogP contribution is 2.49. The van der Waals surface area contributed by atoms with Crippen LogP contribution in [0.5, 0.6) is 0 Å². The van der Waals surface area contributed by atoms with Crippen molar-refractivity contribution < 1.29 is 0 Å². The first kappa shape index (κ1) is 12.1. The Morgan fingerprint density at radius 3 is 1.36 bits per heavy atom. The minimum Gasteiger partial charge on any atom is -0.0620 e. The summed E-state index contributed by atoms with van der Waals surface area (Å²) >= 11 is 0. The molecule has 0 amide bonds. The van der Waals surface area contributed by atoms with E-state index in [2.05, 4.69) is 48.5 Å². The molecule has 0 heteroatoms. The van der Waals surface area contributed by atoms with Crippen molar-refractivity contribution in [3.05, 3.63) is 0 Å². The van der Waals surface area contributed by atoms with Gasteiger partial charge in [0.2, 0.25) is 0 Å². The molecule has 0 bridgehead atoms. The fourth-order valence-electron chi connectivity index (χ4n) is 3.30. The lowest BCUT2D eigenvalue weighted by Gasteiger charge is -2.29. The van der Waals surface area contributed by atoms with Gasteiger partial charge in [-0.25, -0.2) is 0 Å². The monoisotopic (exact) mass is 196 g/mol. The summed E-state index contributed by atoms with van der Waals surface area (Å²) in [7, 11) is 0. The fraction of sp³-hybridized carbons (Fsp3) is 1.00. The van der Waals surface area contributed by atoms with E-state index in [0.29, 0.717) is 5.41 Å². The highest BCUT2D eigenvalue weighted by atomic mass is 14.5. The van der Waals surface area contributed by atoms with E-state index >= 15 is 0 Å². The predicted molar refractivity (Wildman–Crippen MR) is 64.2 cm³/mol. The second kappa shape index (κ2) is 3.87. The van der Waals surface area contributed by atoms with Gasteiger partial charge in [-0.1, -0.05) is 48.5 Å². The summed E-state index contributed by atoms with van der Waals surface area (Å²) < 4.78 is 0. The van der Waals surface area contributed by atoms with Crippen LogP contribution in [0.3, 0.4) is 0 Å². The van der Waals surface area contributed by atoms with E-state index in [1.807, 2.05) is 0 Å². The molecule has 0 aromatic rings. The molecule has 0 aromatic carbocycles. The zero-order chi connectivity index (χ0) is 11.1. The van der Waals surface area contributed by atoms with Crippen LogP contribution in [0, 0.1) is 35.0 Å². The van der Waals surface area contributed by atoms with Crippen LogP contribution < -0.4 is 0 Å². The highest BCUT2D eigenvalue weighted by molar-refractivity contribution is 4.91. The molecule has 84 valence electrons. The molecule has 4 atom stereocenters. The molecule has 0 aromatic heterocycles. The number of hydrogen-bond acceptors (Lipinski definition) is 0. The Hall–Kier alpha value is 0. The lowest BCUT2D eigenvalue weighted by molar-refractivity contribution is 0.209. The summed E-state index contributed by atoms with van der Waals surface area (Å²) in [6.45, 7) is 16.9. The van der Waals surface area contributed by atoms with Crippen LogP contribution in [0.15, 0.2) is 0 Å². The average molecular weight is 196 g/mol. The van der Waals surface area contributed by atoms with Crippen molar-refractivity contribution in [1.29, 1.82) is 0 Å². The highest BCUT2D eigenvalue weighted by Gasteiger charge is 2.42. The Labute approximate surface area is 90.5 Å². The molecule has 1 rings (SSSR count). The smallest absolute Gasteiger partial charge is 0.0352 e. The van der Waals surface area contributed by atoms with Crippen molar-refractivity contribution in [2.45, 2.75) is 54.9 Å². The van der Waals surface area contributed by atoms with Gasteiger partial charge in [-0.2, -0.15) is 0 Å². The maximum Gasteiger partial charge on any atom is -0.0352 e. The fourth-order valence-corrected chi connectivity index (χ4v) is 3.30. The van der Waals surface area contributed by atoms with Crippen LogP contribution in [0.2, 0.25) is 0 Å². The second-order valence-electron chi connectivity index (χ2n) is 6.87. The first-order valence-electron chi connectivity index (χ1n) is 6.24. The molecule has 0 N–H and O–H groups in total. The molecule has 0 aliphatic heterocycles. The van der Waals surface area contributed by atoms with Crippen molar-refractivity contribution in [3.63, 3.8) is 0 Å². The number of hydrogen-bond donors (Lipinski definition) is 0. The average Bonchev–Trinajstić information content (AvgIpc) is 2.20. The summed E-state index contributed by atoms with van der Waals surface area (Å²) in [5.41, 5.74) is 0.497. The van der Waals surface area contributed by atoms with Crippen LogP contribution in [0.1, 0.15) is 54.9 Å². The molecule has 0 radical (unpaired) electrons. The Kier molecular flexibility index (Phi) is 3.33. The van der Waals surface area contributed by atoms with Gasteiger partial charge in [0.05, 0.1) is 0 Å². The topological polar surface area (TPSA) is 0 Å². The number of rotatable bonds is 1. The minimum absolute atomic E-state index is 0.497. The zero-order valence-electron chi connectivity index (χ0n) is 11.1. The van der Waals surface area contributed by atoms with Crippen molar-refractivity contribution in [1.82, 2.24) is 0 Å². The van der Waals surface area contributed by atoms with Crippen LogP contribution in [-0.4, -0.2) is 0 Å². The van der Waals surface area contributed by atoms with Crippen LogP contribution in [0.25, 0.3) is 0 Å². The molecule has 4 unspecified atom stereocenters. The quantitative estimate of drug-likeness (QED) is 0.575. The van der Waals surface area contributed by atoms with E-state index in [0.717, 1.165) is 29.6 Å². The van der Waals surface area contributed by atoms with Crippen molar-refractivity contribution >= 4 is 0 Å². The van der Waals surface area contributed by atoms with Crippen molar-refractivity contribution in [2.24, 2.45) is 35.0 Å². The third-order valence-electron chi connectivity index (χ3n) is 4.69. The van der Waals surface area contributed by atoms with E-state index in [1.165, 1.54) is 6.42 Å². The summed E-state index contributed by atoms with van der Waals surface area (Å²) in [6, 6.07) is 0. The van der Waals surface area contributed by atoms with E-state index in [4.69, 9.17) is 0 Å². The SMILES string of the molecule is CC1C(C)C(C)C(CC(C)(C)C)C1C. The lowest BCUT2D eigenvalue weighted by atomic mass is 9.76. The van der Waals surface area contributed by atoms with Crippen molar-refractivity contribution in [2.75, 3.05) is 0 Å². The van der Waals surface area contributed by atoms with Gasteiger partial charge < -0.3 is 0 Å². The van der Waals surface area contributed by atoms with Gasteiger partial charge in [0.1, 0.15) is 0 Å². The summed E-state index contributed by atoms with van der Waals surface area (Å²) in [4.78, 5) is 0. The van der Waals surface area contributed by atoms with Gasteiger partial charge >= 0.3 is 0 Å². The maximum absolute atomic E-state index is 2.46. The Morgan fingerprint density at radius 2 is 1.07 bits per heavy atom. The van der Waals surface area contributed by atoms with E-state index in [-0.39, 0.29) is 0 Å². The third kappa shape index (κ3) is 2.32. The van der Waals surface area contributed by atoms with Gasteiger partial charge in [-0.3, -0.25) is 0 Å². The maximum atomic E-state index is 2.46. The largest absolute Gasteiger partial charge is 0.0620 e. The first-order chi connectivity index (χ1) is 6.24. The van der Waals surface area contributed by atoms with Crippen molar-refractivity contribution in [3.8, 4) is 0 Å². The second-order valence-corrected chi connectivity index (χ2v) is 6.87. The zero-order valence-corrected chi connectivity index (χ0v) is 11.1. The molecule has 1 aliphatic rings. The molecule has 0 saturated heterocycles. The summed E-state index contributed by atoms with van der Waals surface area (Å²) in [5, 5.41) is 0. The lowest BCUT2D eigenvalue weighted by Crippen LogP contribution is -2.20. The third-order valence-corrected chi connectivity index (χ3v) is 4.69. The van der Waals surface area contributed by atoms with Gasteiger partial charge in [-0.15, -0.1) is 0 Å². The van der Waals surface area contributed by atoms with Crippen LogP contribution in [-0.2, 0) is 0 Å². The summed E-state index contributed by atoms with van der Waals surface area (Å²) in [5.74, 6) is 4.60. The molecule has 0 nitrogen and oxygen atoms in total. The molecule has 0 spiro atoms. The first-order valence-corrected chi connectivity index (χ1v) is 6.24. The van der Waals surface area contributed by atoms with Crippen LogP contribution in [0.4, 0.5) is 0 Å².